The van der Waals surface area contributed by atoms with E-state index in [0.717, 1.165) is 17.3 Å². The van der Waals surface area contributed by atoms with Crippen LogP contribution in [0.2, 0.25) is 0 Å². The molecular formula is C14H19BrN2O3. The lowest BCUT2D eigenvalue weighted by atomic mass is 10.0. The van der Waals surface area contributed by atoms with Crippen LogP contribution in [-0.4, -0.2) is 27.6 Å². The van der Waals surface area contributed by atoms with E-state index in [-0.39, 0.29) is 11.8 Å². The van der Waals surface area contributed by atoms with Gasteiger partial charge in [-0.15, -0.1) is 0 Å². The summed E-state index contributed by atoms with van der Waals surface area (Å²) in [6, 6.07) is 1.27. The van der Waals surface area contributed by atoms with Crippen molar-refractivity contribution in [3.63, 3.8) is 0 Å². The molecule has 1 fully saturated rings. The number of rotatable bonds is 6. The highest BCUT2D eigenvalue weighted by molar-refractivity contribution is 9.10. The minimum absolute atomic E-state index is 0.207. The van der Waals surface area contributed by atoms with Crippen molar-refractivity contribution in [3.8, 4) is 0 Å². The number of hydrogen-bond acceptors (Lipinski definition) is 2. The van der Waals surface area contributed by atoms with Crippen LogP contribution in [0.25, 0.3) is 0 Å². The third-order valence-electron chi connectivity index (χ3n) is 3.30. The summed E-state index contributed by atoms with van der Waals surface area (Å²) in [4.78, 5) is 23.5. The normalized spacial score (nSPS) is 16.2. The summed E-state index contributed by atoms with van der Waals surface area (Å²) in [5.41, 5.74) is 0.523. The smallest absolute Gasteiger partial charge is 0.326 e. The number of aliphatic carboxylic acids is 1. The van der Waals surface area contributed by atoms with Gasteiger partial charge in [-0.1, -0.05) is 13.8 Å². The fourth-order valence-corrected chi connectivity index (χ4v) is 2.64. The molecular weight excluding hydrogens is 324 g/mol. The molecule has 0 bridgehead atoms. The first kappa shape index (κ1) is 15.1. The van der Waals surface area contributed by atoms with Crippen LogP contribution < -0.4 is 5.32 Å². The number of aromatic nitrogens is 1. The van der Waals surface area contributed by atoms with Crippen LogP contribution in [0.3, 0.4) is 0 Å². The molecule has 110 valence electrons. The van der Waals surface area contributed by atoms with E-state index in [4.69, 9.17) is 0 Å². The molecule has 1 aliphatic carbocycles. The molecule has 2 N–H and O–H groups in total. The average molecular weight is 343 g/mol. The van der Waals surface area contributed by atoms with Gasteiger partial charge in [0.25, 0.3) is 5.91 Å². The second kappa shape index (κ2) is 5.99. The molecule has 0 aliphatic heterocycles. The first-order valence-corrected chi connectivity index (χ1v) is 7.58. The zero-order valence-corrected chi connectivity index (χ0v) is 13.2. The molecule has 5 nitrogen and oxygen atoms in total. The van der Waals surface area contributed by atoms with Crippen molar-refractivity contribution >= 4 is 27.8 Å². The molecule has 1 heterocycles. The fourth-order valence-electron chi connectivity index (χ4n) is 2.21. The number of nitrogens with one attached hydrogen (secondary N) is 1. The molecule has 1 aliphatic rings. The van der Waals surface area contributed by atoms with Crippen molar-refractivity contribution in [3.05, 3.63) is 22.4 Å². The van der Waals surface area contributed by atoms with Gasteiger partial charge in [0.2, 0.25) is 0 Å². The van der Waals surface area contributed by atoms with Crippen LogP contribution in [-0.2, 0) is 4.79 Å². The van der Waals surface area contributed by atoms with E-state index in [0.29, 0.717) is 18.2 Å². The van der Waals surface area contributed by atoms with Crippen LogP contribution >= 0.6 is 15.9 Å². The van der Waals surface area contributed by atoms with E-state index in [1.165, 1.54) is 0 Å². The third kappa shape index (κ3) is 3.62. The number of carbonyl (C=O) groups excluding carboxylic acids is 1. The van der Waals surface area contributed by atoms with E-state index in [2.05, 4.69) is 21.2 Å². The van der Waals surface area contributed by atoms with Gasteiger partial charge in [0.1, 0.15) is 11.7 Å². The van der Waals surface area contributed by atoms with Crippen molar-refractivity contribution < 1.29 is 14.7 Å². The highest BCUT2D eigenvalue weighted by Crippen LogP contribution is 2.37. The molecule has 20 heavy (non-hydrogen) atoms. The zero-order chi connectivity index (χ0) is 14.9. The standard InChI is InChI=1S/C14H19BrN2O3/c1-8(2)5-11(14(19)20)16-13(18)12-6-9(15)7-17(12)10-3-4-10/h6-8,10-11H,3-5H2,1-2H3,(H,16,18)(H,19,20)/t11-/m0/s1. The Morgan fingerprint density at radius 1 is 1.50 bits per heavy atom. The summed E-state index contributed by atoms with van der Waals surface area (Å²) in [6.45, 7) is 3.87. The summed E-state index contributed by atoms with van der Waals surface area (Å²) < 4.78 is 2.76. The van der Waals surface area contributed by atoms with Gasteiger partial charge in [0.15, 0.2) is 0 Å². The Bertz CT molecular complexity index is 520. The zero-order valence-electron chi connectivity index (χ0n) is 11.6. The molecule has 6 heteroatoms. The molecule has 1 amide bonds. The lowest BCUT2D eigenvalue weighted by Gasteiger charge is -2.17. The first-order valence-electron chi connectivity index (χ1n) is 6.79. The van der Waals surface area contributed by atoms with Gasteiger partial charge in [0, 0.05) is 16.7 Å². The Morgan fingerprint density at radius 2 is 2.15 bits per heavy atom. The lowest BCUT2D eigenvalue weighted by molar-refractivity contribution is -0.139. The number of hydrogen-bond donors (Lipinski definition) is 2. The number of carboxylic acid groups (broad SMARTS) is 1. The Labute approximate surface area is 126 Å². The second-order valence-corrected chi connectivity index (χ2v) is 6.59. The van der Waals surface area contributed by atoms with E-state index in [1.807, 2.05) is 24.6 Å². The van der Waals surface area contributed by atoms with Gasteiger partial charge in [-0.05, 0) is 47.2 Å². The lowest BCUT2D eigenvalue weighted by Crippen LogP contribution is -2.42. The number of nitrogens with zero attached hydrogens (tertiary/aromatic N) is 1. The molecule has 1 atom stereocenters. The van der Waals surface area contributed by atoms with Crippen LogP contribution in [0.1, 0.15) is 49.6 Å². The maximum Gasteiger partial charge on any atom is 0.326 e. The van der Waals surface area contributed by atoms with Gasteiger partial charge in [-0.3, -0.25) is 4.79 Å². The van der Waals surface area contributed by atoms with E-state index in [9.17, 15) is 14.7 Å². The van der Waals surface area contributed by atoms with Crippen LogP contribution in [0.15, 0.2) is 16.7 Å². The molecule has 0 saturated heterocycles. The number of halogens is 1. The predicted molar refractivity (Wildman–Crippen MR) is 78.7 cm³/mol. The number of carboxylic acids is 1. The number of amides is 1. The SMILES string of the molecule is CC(C)C[C@H](NC(=O)c1cc(Br)cn1C1CC1)C(=O)O. The first-order chi connectivity index (χ1) is 9.38. The van der Waals surface area contributed by atoms with Crippen LogP contribution in [0, 0.1) is 5.92 Å². The van der Waals surface area contributed by atoms with Crippen molar-refractivity contribution in [2.45, 2.75) is 45.2 Å². The van der Waals surface area contributed by atoms with Crippen molar-refractivity contribution in [2.24, 2.45) is 5.92 Å². The van der Waals surface area contributed by atoms with E-state index >= 15 is 0 Å². The molecule has 0 unspecified atom stereocenters. The predicted octanol–water partition coefficient (Wildman–Crippen LogP) is 2.81. The summed E-state index contributed by atoms with van der Waals surface area (Å²) in [7, 11) is 0. The van der Waals surface area contributed by atoms with Gasteiger partial charge in [0.05, 0.1) is 0 Å². The Hall–Kier alpha value is -1.30. The molecule has 1 aromatic heterocycles. The average Bonchev–Trinajstić information content (AvgIpc) is 3.10. The quantitative estimate of drug-likeness (QED) is 0.834. The minimum Gasteiger partial charge on any atom is -0.480 e. The maximum atomic E-state index is 12.3. The van der Waals surface area contributed by atoms with E-state index < -0.39 is 12.0 Å². The van der Waals surface area contributed by atoms with Gasteiger partial charge < -0.3 is 15.0 Å². The molecule has 0 radical (unpaired) electrons. The summed E-state index contributed by atoms with van der Waals surface area (Å²) in [5.74, 6) is -1.11. The summed E-state index contributed by atoms with van der Waals surface area (Å²) in [5, 5.41) is 11.8. The highest BCUT2D eigenvalue weighted by atomic mass is 79.9. The summed E-state index contributed by atoms with van der Waals surface area (Å²) in [6.07, 6.45) is 4.43. The molecule has 0 aromatic carbocycles. The van der Waals surface area contributed by atoms with Gasteiger partial charge in [-0.2, -0.15) is 0 Å². The van der Waals surface area contributed by atoms with Crippen molar-refractivity contribution in [2.75, 3.05) is 0 Å². The molecule has 2 rings (SSSR count). The third-order valence-corrected chi connectivity index (χ3v) is 3.73. The highest BCUT2D eigenvalue weighted by Gasteiger charge is 2.29. The Balaban J connectivity index is 2.12. The van der Waals surface area contributed by atoms with E-state index in [1.54, 1.807) is 6.07 Å². The van der Waals surface area contributed by atoms with Crippen molar-refractivity contribution in [1.29, 1.82) is 0 Å². The monoisotopic (exact) mass is 342 g/mol. The van der Waals surface area contributed by atoms with Crippen LogP contribution in [0.4, 0.5) is 0 Å². The largest absolute Gasteiger partial charge is 0.480 e. The fraction of sp³-hybridized carbons (Fsp3) is 0.571. The number of carbonyl (C=O) groups is 2. The molecule has 1 aromatic rings. The van der Waals surface area contributed by atoms with Gasteiger partial charge >= 0.3 is 5.97 Å². The second-order valence-electron chi connectivity index (χ2n) is 5.68. The van der Waals surface area contributed by atoms with Gasteiger partial charge in [-0.25, -0.2) is 4.79 Å². The Morgan fingerprint density at radius 3 is 2.65 bits per heavy atom. The maximum absolute atomic E-state index is 12.3. The molecule has 0 spiro atoms. The summed E-state index contributed by atoms with van der Waals surface area (Å²) >= 11 is 3.37. The molecule has 1 saturated carbocycles. The van der Waals surface area contributed by atoms with Crippen molar-refractivity contribution in [1.82, 2.24) is 9.88 Å². The van der Waals surface area contributed by atoms with Crippen LogP contribution in [0.5, 0.6) is 0 Å². The topological polar surface area (TPSA) is 71.3 Å². The Kier molecular flexibility index (Phi) is 4.52. The minimum atomic E-state index is -0.990.